The molecule has 0 saturated heterocycles. The molecular weight excluding hydrogens is 399 g/mol. The molecule has 0 aliphatic heterocycles. The van der Waals surface area contributed by atoms with Crippen molar-refractivity contribution in [2.75, 3.05) is 26.4 Å². The third-order valence-corrected chi connectivity index (χ3v) is 5.64. The molecule has 0 unspecified atom stereocenters. The zero-order valence-corrected chi connectivity index (χ0v) is 18.9. The lowest BCUT2D eigenvalue weighted by Gasteiger charge is -2.15. The fourth-order valence-corrected chi connectivity index (χ4v) is 3.75. The van der Waals surface area contributed by atoms with E-state index in [9.17, 15) is 9.36 Å². The van der Waals surface area contributed by atoms with Crippen molar-refractivity contribution in [1.29, 1.82) is 0 Å². The summed E-state index contributed by atoms with van der Waals surface area (Å²) in [4.78, 5) is 16.2. The molecule has 29 heavy (non-hydrogen) atoms. The second-order valence-corrected chi connectivity index (χ2v) is 8.64. The summed E-state index contributed by atoms with van der Waals surface area (Å²) in [5.41, 5.74) is 0. The van der Waals surface area contributed by atoms with Crippen LogP contribution in [0.25, 0.3) is 0 Å². The van der Waals surface area contributed by atoms with Gasteiger partial charge >= 0.3 is 13.8 Å². The second-order valence-electron chi connectivity index (χ2n) is 7.08. The summed E-state index contributed by atoms with van der Waals surface area (Å²) < 4.78 is 26.0. The smallest absolute Gasteiger partial charge is 0.394 e. The van der Waals surface area contributed by atoms with Crippen molar-refractivity contribution < 1.29 is 38.2 Å². The standard InChI is InChI=1S/C20H41O8P/c1-2-3-4-5-6-7-8-9-10-11-12-13-14-15-20(23)27-28-29(24,25-18-16-21)26-19-17-22/h21-22H,2-19H2,1H3. The molecule has 9 heteroatoms. The molecule has 0 heterocycles. The van der Waals surface area contributed by atoms with E-state index in [2.05, 4.69) is 16.5 Å². The number of aliphatic hydroxyl groups is 2. The first kappa shape index (κ1) is 28.5. The molecule has 0 aromatic carbocycles. The molecule has 8 nitrogen and oxygen atoms in total. The largest absolute Gasteiger partial charge is 0.511 e. The average molecular weight is 441 g/mol. The maximum absolute atomic E-state index is 12.1. The third-order valence-electron chi connectivity index (χ3n) is 4.39. The Kier molecular flexibility index (Phi) is 20.4. The van der Waals surface area contributed by atoms with Gasteiger partial charge in [-0.25, -0.2) is 9.36 Å². The summed E-state index contributed by atoms with van der Waals surface area (Å²) in [7, 11) is -4.14. The van der Waals surface area contributed by atoms with Crippen molar-refractivity contribution in [2.45, 2.75) is 96.8 Å². The van der Waals surface area contributed by atoms with Crippen LogP contribution in [0.15, 0.2) is 0 Å². The van der Waals surface area contributed by atoms with Crippen LogP contribution in [0.5, 0.6) is 0 Å². The zero-order valence-electron chi connectivity index (χ0n) is 18.0. The molecule has 0 saturated carbocycles. The first-order valence-electron chi connectivity index (χ1n) is 11.1. The maximum atomic E-state index is 12.1. The number of phosphoric ester groups is 1. The van der Waals surface area contributed by atoms with Gasteiger partial charge in [0.25, 0.3) is 0 Å². The fourth-order valence-electron chi connectivity index (χ4n) is 2.80. The molecule has 0 bridgehead atoms. The molecule has 0 atom stereocenters. The van der Waals surface area contributed by atoms with Gasteiger partial charge in [-0.3, -0.25) is 13.9 Å². The number of carbonyl (C=O) groups excluding carboxylic acids is 1. The number of carbonyl (C=O) groups is 1. The van der Waals surface area contributed by atoms with Gasteiger partial charge in [0.1, 0.15) is 0 Å². The second kappa shape index (κ2) is 20.8. The van der Waals surface area contributed by atoms with Crippen LogP contribution in [0, 0.1) is 0 Å². The van der Waals surface area contributed by atoms with Crippen molar-refractivity contribution >= 4 is 13.8 Å². The van der Waals surface area contributed by atoms with Crippen LogP contribution < -0.4 is 0 Å². The van der Waals surface area contributed by atoms with E-state index in [0.29, 0.717) is 6.42 Å². The minimum atomic E-state index is -4.14. The van der Waals surface area contributed by atoms with Gasteiger partial charge in [0.2, 0.25) is 0 Å². The van der Waals surface area contributed by atoms with Crippen LogP contribution in [0.4, 0.5) is 0 Å². The Morgan fingerprint density at radius 3 is 1.55 bits per heavy atom. The third kappa shape index (κ3) is 19.2. The van der Waals surface area contributed by atoms with Gasteiger partial charge in [0.05, 0.1) is 26.4 Å². The monoisotopic (exact) mass is 440 g/mol. The van der Waals surface area contributed by atoms with Gasteiger partial charge < -0.3 is 10.2 Å². The van der Waals surface area contributed by atoms with Crippen LogP contribution >= 0.6 is 7.82 Å². The van der Waals surface area contributed by atoms with Crippen molar-refractivity contribution in [2.24, 2.45) is 0 Å². The fraction of sp³-hybridized carbons (Fsp3) is 0.950. The number of phosphoric acid groups is 1. The number of unbranched alkanes of at least 4 members (excludes halogenated alkanes) is 12. The summed E-state index contributed by atoms with van der Waals surface area (Å²) >= 11 is 0. The number of hydrogen-bond acceptors (Lipinski definition) is 8. The molecule has 0 aromatic heterocycles. The molecule has 0 radical (unpaired) electrons. The Morgan fingerprint density at radius 2 is 1.14 bits per heavy atom. The summed E-state index contributed by atoms with van der Waals surface area (Å²) in [5.74, 6) is -0.659. The average Bonchev–Trinajstić information content (AvgIpc) is 2.73. The van der Waals surface area contributed by atoms with Crippen LogP contribution in [-0.2, 0) is 28.0 Å². The van der Waals surface area contributed by atoms with Gasteiger partial charge in [-0.15, -0.1) is 0 Å². The van der Waals surface area contributed by atoms with Crippen molar-refractivity contribution in [3.63, 3.8) is 0 Å². The Morgan fingerprint density at radius 1 is 0.724 bits per heavy atom. The molecule has 0 amide bonds. The molecule has 0 aliphatic carbocycles. The van der Waals surface area contributed by atoms with Gasteiger partial charge in [-0.1, -0.05) is 88.6 Å². The number of rotatable bonds is 22. The van der Waals surface area contributed by atoms with Crippen LogP contribution in [0.3, 0.4) is 0 Å². The van der Waals surface area contributed by atoms with E-state index in [-0.39, 0.29) is 19.6 Å². The topological polar surface area (TPSA) is 112 Å². The molecule has 0 aromatic rings. The number of aliphatic hydroxyl groups excluding tert-OH is 2. The van der Waals surface area contributed by atoms with Crippen LogP contribution in [0.1, 0.15) is 96.8 Å². The lowest BCUT2D eigenvalue weighted by molar-refractivity contribution is -0.225. The van der Waals surface area contributed by atoms with Crippen LogP contribution in [0.2, 0.25) is 0 Å². The van der Waals surface area contributed by atoms with E-state index in [1.165, 1.54) is 64.2 Å². The quantitative estimate of drug-likeness (QED) is 0.104. The van der Waals surface area contributed by atoms with E-state index in [0.717, 1.165) is 12.8 Å². The predicted molar refractivity (Wildman–Crippen MR) is 111 cm³/mol. The highest BCUT2D eigenvalue weighted by Crippen LogP contribution is 2.49. The first-order valence-corrected chi connectivity index (χ1v) is 12.5. The predicted octanol–water partition coefficient (Wildman–Crippen LogP) is 5.07. The van der Waals surface area contributed by atoms with Crippen molar-refractivity contribution in [3.05, 3.63) is 0 Å². The van der Waals surface area contributed by atoms with Crippen molar-refractivity contribution in [3.8, 4) is 0 Å². The first-order chi connectivity index (χ1) is 14.1. The lowest BCUT2D eigenvalue weighted by atomic mass is 10.0. The molecule has 174 valence electrons. The summed E-state index contributed by atoms with van der Waals surface area (Å²) in [6.45, 7) is 0.824. The van der Waals surface area contributed by atoms with Gasteiger partial charge in [0, 0.05) is 6.42 Å². The SMILES string of the molecule is CCCCCCCCCCCCCCCC(=O)OOP(=O)(OCCO)OCCO. The Labute approximate surface area is 175 Å². The van der Waals surface area contributed by atoms with Gasteiger partial charge in [-0.05, 0) is 6.42 Å². The molecule has 0 rings (SSSR count). The molecule has 0 fully saturated rings. The lowest BCUT2D eigenvalue weighted by Crippen LogP contribution is -2.10. The summed E-state index contributed by atoms with van der Waals surface area (Å²) in [6.07, 6.45) is 15.9. The molecule has 0 aliphatic rings. The zero-order chi connectivity index (χ0) is 21.6. The molecular formula is C20H41O8P. The molecule has 2 N–H and O–H groups in total. The van der Waals surface area contributed by atoms with E-state index < -0.39 is 27.0 Å². The van der Waals surface area contributed by atoms with E-state index in [4.69, 9.17) is 19.3 Å². The van der Waals surface area contributed by atoms with Gasteiger partial charge in [0.15, 0.2) is 0 Å². The summed E-state index contributed by atoms with van der Waals surface area (Å²) in [5, 5.41) is 17.4. The highest BCUT2D eigenvalue weighted by Gasteiger charge is 2.30. The van der Waals surface area contributed by atoms with E-state index >= 15 is 0 Å². The Balaban J connectivity index is 3.60. The van der Waals surface area contributed by atoms with Crippen molar-refractivity contribution in [1.82, 2.24) is 0 Å². The van der Waals surface area contributed by atoms with Crippen LogP contribution in [-0.4, -0.2) is 42.6 Å². The maximum Gasteiger partial charge on any atom is 0.511 e. The highest BCUT2D eigenvalue weighted by atomic mass is 31.2. The Hall–Kier alpha value is -0.500. The Bertz CT molecular complexity index is 407. The minimum absolute atomic E-state index is 0.151. The normalized spacial score (nSPS) is 11.7. The summed E-state index contributed by atoms with van der Waals surface area (Å²) in [6, 6.07) is 0. The van der Waals surface area contributed by atoms with E-state index in [1.54, 1.807) is 0 Å². The molecule has 0 spiro atoms. The van der Waals surface area contributed by atoms with Gasteiger partial charge in [-0.2, -0.15) is 0 Å². The number of hydrogen-bond donors (Lipinski definition) is 2. The highest BCUT2D eigenvalue weighted by molar-refractivity contribution is 7.48. The van der Waals surface area contributed by atoms with E-state index in [1.807, 2.05) is 0 Å². The minimum Gasteiger partial charge on any atom is -0.394 e.